The molecule has 2 rings (SSSR count). The fourth-order valence-corrected chi connectivity index (χ4v) is 2.38. The number of aryl methyl sites for hydroxylation is 1. The van der Waals surface area contributed by atoms with Gasteiger partial charge in [0.05, 0.1) is 12.1 Å². The van der Waals surface area contributed by atoms with Crippen molar-refractivity contribution in [2.45, 2.75) is 38.8 Å². The van der Waals surface area contributed by atoms with Crippen LogP contribution < -0.4 is 0 Å². The van der Waals surface area contributed by atoms with Gasteiger partial charge in [0, 0.05) is 18.5 Å². The molecule has 78 valence electrons. The van der Waals surface area contributed by atoms with Crippen molar-refractivity contribution in [1.82, 2.24) is 9.55 Å². The summed E-state index contributed by atoms with van der Waals surface area (Å²) in [5, 5.41) is 0. The number of hydrogen-bond acceptors (Lipinski definition) is 2. The lowest BCUT2D eigenvalue weighted by molar-refractivity contribution is 0.0728. The van der Waals surface area contributed by atoms with Crippen LogP contribution in [0.15, 0.2) is 6.20 Å². The van der Waals surface area contributed by atoms with Crippen molar-refractivity contribution >= 4 is 12.2 Å². The lowest BCUT2D eigenvalue weighted by atomic mass is 10.1. The van der Waals surface area contributed by atoms with Crippen LogP contribution in [0.25, 0.3) is 0 Å². The van der Waals surface area contributed by atoms with E-state index in [0.717, 1.165) is 23.5 Å². The Morgan fingerprint density at radius 2 is 2.50 bits per heavy atom. The van der Waals surface area contributed by atoms with Gasteiger partial charge >= 0.3 is 0 Å². The first-order valence-electron chi connectivity index (χ1n) is 5.08. The van der Waals surface area contributed by atoms with Gasteiger partial charge in [-0.05, 0) is 38.9 Å². The lowest BCUT2D eigenvalue weighted by Gasteiger charge is -2.19. The minimum atomic E-state index is 0.330. The molecule has 14 heavy (non-hydrogen) atoms. The molecule has 1 aliphatic heterocycles. The van der Waals surface area contributed by atoms with Crippen LogP contribution in [0.3, 0.4) is 0 Å². The molecule has 2 atom stereocenters. The summed E-state index contributed by atoms with van der Waals surface area (Å²) in [7, 11) is 0. The van der Waals surface area contributed by atoms with Crippen molar-refractivity contribution in [1.29, 1.82) is 0 Å². The fraction of sp³-hybridized carbons (Fsp3) is 0.700. The Labute approximate surface area is 89.1 Å². The summed E-state index contributed by atoms with van der Waals surface area (Å²) >= 11 is 5.24. The van der Waals surface area contributed by atoms with Crippen LogP contribution in [0.2, 0.25) is 0 Å². The van der Waals surface area contributed by atoms with E-state index < -0.39 is 0 Å². The second kappa shape index (κ2) is 3.87. The third kappa shape index (κ3) is 1.77. The van der Waals surface area contributed by atoms with E-state index in [1.807, 2.05) is 6.92 Å². The van der Waals surface area contributed by atoms with Gasteiger partial charge in [-0.3, -0.25) is 0 Å². The van der Waals surface area contributed by atoms with Crippen molar-refractivity contribution < 1.29 is 4.74 Å². The average Bonchev–Trinajstić information content (AvgIpc) is 2.73. The predicted molar refractivity (Wildman–Crippen MR) is 58.0 cm³/mol. The quantitative estimate of drug-likeness (QED) is 0.764. The topological polar surface area (TPSA) is 29.9 Å². The lowest BCUT2D eigenvalue weighted by Crippen LogP contribution is -2.20. The molecule has 3 nitrogen and oxygen atoms in total. The molecule has 1 aliphatic rings. The molecule has 0 amide bonds. The zero-order valence-electron chi connectivity index (χ0n) is 8.62. The van der Waals surface area contributed by atoms with E-state index >= 15 is 0 Å². The first-order valence-corrected chi connectivity index (χ1v) is 5.48. The molecule has 1 aromatic rings. The molecule has 0 spiro atoms. The Morgan fingerprint density at radius 1 is 1.71 bits per heavy atom. The van der Waals surface area contributed by atoms with Gasteiger partial charge in [0.2, 0.25) is 0 Å². The summed E-state index contributed by atoms with van der Waals surface area (Å²) in [6.45, 7) is 5.08. The van der Waals surface area contributed by atoms with Crippen molar-refractivity contribution in [3.63, 3.8) is 0 Å². The van der Waals surface area contributed by atoms with Crippen molar-refractivity contribution in [2.75, 3.05) is 6.61 Å². The Hall–Kier alpha value is -0.610. The van der Waals surface area contributed by atoms with Gasteiger partial charge in [-0.1, -0.05) is 0 Å². The van der Waals surface area contributed by atoms with Crippen molar-refractivity contribution in [3.8, 4) is 0 Å². The van der Waals surface area contributed by atoms with E-state index in [9.17, 15) is 0 Å². The van der Waals surface area contributed by atoms with E-state index in [0.29, 0.717) is 12.1 Å². The van der Waals surface area contributed by atoms with Crippen molar-refractivity contribution in [3.05, 3.63) is 16.7 Å². The molecular weight excluding hydrogens is 196 g/mol. The second-order valence-electron chi connectivity index (χ2n) is 3.94. The molecule has 2 heterocycles. The van der Waals surface area contributed by atoms with Gasteiger partial charge in [-0.2, -0.15) is 0 Å². The highest BCUT2D eigenvalue weighted by atomic mass is 32.1. The van der Waals surface area contributed by atoms with Gasteiger partial charge in [0.15, 0.2) is 4.77 Å². The molecular formula is C10H16N2OS. The number of aromatic amines is 1. The maximum atomic E-state index is 5.65. The number of H-pyrrole nitrogens is 1. The number of imidazole rings is 1. The summed E-state index contributed by atoms with van der Waals surface area (Å²) in [6.07, 6.45) is 4.71. The number of rotatable bonds is 2. The third-order valence-corrected chi connectivity index (χ3v) is 3.13. The van der Waals surface area contributed by atoms with Crippen LogP contribution in [0.5, 0.6) is 0 Å². The zero-order valence-corrected chi connectivity index (χ0v) is 9.43. The highest BCUT2D eigenvalue weighted by Gasteiger charge is 2.23. The van der Waals surface area contributed by atoms with Gasteiger partial charge < -0.3 is 14.3 Å². The number of hydrogen-bond donors (Lipinski definition) is 1. The van der Waals surface area contributed by atoms with Crippen LogP contribution in [0.4, 0.5) is 0 Å². The number of aromatic nitrogens is 2. The van der Waals surface area contributed by atoms with Crippen LogP contribution in [-0.2, 0) is 4.74 Å². The van der Waals surface area contributed by atoms with Crippen LogP contribution >= 0.6 is 12.2 Å². The molecule has 1 N–H and O–H groups in total. The molecule has 0 aliphatic carbocycles. The summed E-state index contributed by atoms with van der Waals surface area (Å²) in [6, 6.07) is 0.343. The maximum Gasteiger partial charge on any atom is 0.177 e. The molecule has 0 aromatic carbocycles. The molecule has 4 heteroatoms. The van der Waals surface area contributed by atoms with E-state index in [1.54, 1.807) is 0 Å². The fourth-order valence-electron chi connectivity index (χ4n) is 2.00. The minimum Gasteiger partial charge on any atom is -0.376 e. The van der Waals surface area contributed by atoms with Crippen LogP contribution in [0.1, 0.15) is 31.5 Å². The Kier molecular flexibility index (Phi) is 2.74. The van der Waals surface area contributed by atoms with E-state index in [2.05, 4.69) is 22.7 Å². The molecule has 0 bridgehead atoms. The number of nitrogens with zero attached hydrogens (tertiary/aromatic N) is 1. The first kappa shape index (κ1) is 9.93. The second-order valence-corrected chi connectivity index (χ2v) is 4.33. The Morgan fingerprint density at radius 3 is 3.00 bits per heavy atom. The number of ether oxygens (including phenoxy) is 1. The monoisotopic (exact) mass is 212 g/mol. The van der Waals surface area contributed by atoms with E-state index in [4.69, 9.17) is 17.0 Å². The van der Waals surface area contributed by atoms with E-state index in [1.165, 1.54) is 6.42 Å². The summed E-state index contributed by atoms with van der Waals surface area (Å²) < 4.78 is 8.55. The summed E-state index contributed by atoms with van der Waals surface area (Å²) in [5.74, 6) is 0. The molecule has 1 aromatic heterocycles. The zero-order chi connectivity index (χ0) is 10.1. The largest absolute Gasteiger partial charge is 0.376 e. The third-order valence-electron chi connectivity index (χ3n) is 2.81. The molecule has 0 saturated carbocycles. The summed E-state index contributed by atoms with van der Waals surface area (Å²) in [4.78, 5) is 3.13. The van der Waals surface area contributed by atoms with Gasteiger partial charge in [-0.15, -0.1) is 0 Å². The predicted octanol–water partition coefficient (Wildman–Crippen LogP) is 2.59. The standard InChI is InChI=1S/C10H16N2OS/c1-7-6-12(10(14)11-7)8(2)9-4-3-5-13-9/h6,8-9H,3-5H2,1-2H3,(H,11,14). The average molecular weight is 212 g/mol. The Bertz CT molecular complexity index is 362. The van der Waals surface area contributed by atoms with Crippen LogP contribution in [-0.4, -0.2) is 22.3 Å². The van der Waals surface area contributed by atoms with E-state index in [-0.39, 0.29) is 0 Å². The molecule has 1 fully saturated rings. The van der Waals surface area contributed by atoms with Gasteiger partial charge in [0.1, 0.15) is 0 Å². The van der Waals surface area contributed by atoms with Crippen LogP contribution in [0, 0.1) is 11.7 Å². The van der Waals surface area contributed by atoms with Gasteiger partial charge in [0.25, 0.3) is 0 Å². The normalized spacial score (nSPS) is 24.0. The Balaban J connectivity index is 2.21. The highest BCUT2D eigenvalue weighted by Crippen LogP contribution is 2.24. The first-order chi connectivity index (χ1) is 6.68. The number of nitrogens with one attached hydrogen (secondary N) is 1. The molecule has 0 radical (unpaired) electrons. The van der Waals surface area contributed by atoms with Gasteiger partial charge in [-0.25, -0.2) is 0 Å². The SMILES string of the molecule is Cc1cn(C(C)C2CCCO2)c(=S)[nH]1. The summed E-state index contributed by atoms with van der Waals surface area (Å²) in [5.41, 5.74) is 1.11. The minimum absolute atomic E-state index is 0.330. The molecule has 1 saturated heterocycles. The maximum absolute atomic E-state index is 5.65. The van der Waals surface area contributed by atoms with Crippen molar-refractivity contribution in [2.24, 2.45) is 0 Å². The highest BCUT2D eigenvalue weighted by molar-refractivity contribution is 7.71. The molecule has 2 unspecified atom stereocenters. The smallest absolute Gasteiger partial charge is 0.177 e.